The minimum atomic E-state index is 0.0128. The van der Waals surface area contributed by atoms with Gasteiger partial charge in [0, 0.05) is 21.7 Å². The van der Waals surface area contributed by atoms with Gasteiger partial charge in [-0.15, -0.1) is 34.4 Å². The summed E-state index contributed by atoms with van der Waals surface area (Å²) in [5.41, 5.74) is 0.920. The maximum Gasteiger partial charge on any atom is 0.226 e. The second kappa shape index (κ2) is 8.67. The average molecular weight is 395 g/mol. The average Bonchev–Trinajstić information content (AvgIpc) is 3.24. The number of rotatable bonds is 7. The summed E-state index contributed by atoms with van der Waals surface area (Å²) in [5.74, 6) is 0.909. The van der Waals surface area contributed by atoms with Gasteiger partial charge in [-0.1, -0.05) is 17.7 Å². The van der Waals surface area contributed by atoms with Crippen molar-refractivity contribution in [2.45, 2.75) is 17.7 Å². The number of nitrogens with zero attached hydrogens (tertiary/aromatic N) is 1. The van der Waals surface area contributed by atoms with Crippen LogP contribution in [0.4, 0.5) is 5.13 Å². The number of carbonyl (C=O) groups excluding carboxylic acids is 1. The molecule has 1 aromatic carbocycles. The molecule has 3 nitrogen and oxygen atoms in total. The summed E-state index contributed by atoms with van der Waals surface area (Å²) in [4.78, 5) is 18.7. The summed E-state index contributed by atoms with van der Waals surface area (Å²) < 4.78 is 0. The number of thiazole rings is 1. The first-order valence-corrected chi connectivity index (χ1v) is 10.5. The Hall–Kier alpha value is -1.34. The van der Waals surface area contributed by atoms with Crippen molar-refractivity contribution < 1.29 is 4.79 Å². The smallest absolute Gasteiger partial charge is 0.226 e. The Kier molecular flexibility index (Phi) is 6.31. The monoisotopic (exact) mass is 394 g/mol. The van der Waals surface area contributed by atoms with Crippen molar-refractivity contribution in [1.82, 2.24) is 4.98 Å². The summed E-state index contributed by atoms with van der Waals surface area (Å²) >= 11 is 10.7. The van der Waals surface area contributed by atoms with Gasteiger partial charge in [0.15, 0.2) is 5.13 Å². The normalized spacial score (nSPS) is 10.7. The topological polar surface area (TPSA) is 42.0 Å². The Balaban J connectivity index is 1.40. The van der Waals surface area contributed by atoms with E-state index in [2.05, 4.69) is 10.3 Å². The third kappa shape index (κ3) is 5.08. The summed E-state index contributed by atoms with van der Waals surface area (Å²) in [6.07, 6.45) is 1.32. The number of hydrogen-bond donors (Lipinski definition) is 1. The number of aromatic nitrogens is 1. The second-order valence-electron chi connectivity index (χ2n) is 4.97. The van der Waals surface area contributed by atoms with Gasteiger partial charge < -0.3 is 5.32 Å². The maximum atomic E-state index is 12.0. The van der Waals surface area contributed by atoms with Crippen molar-refractivity contribution in [3.63, 3.8) is 0 Å². The van der Waals surface area contributed by atoms with Crippen molar-refractivity contribution in [2.24, 2.45) is 0 Å². The van der Waals surface area contributed by atoms with Crippen LogP contribution in [0, 0.1) is 0 Å². The molecule has 2 heterocycles. The van der Waals surface area contributed by atoms with E-state index in [1.54, 1.807) is 23.1 Å². The molecule has 0 saturated carbocycles. The van der Waals surface area contributed by atoms with Crippen LogP contribution < -0.4 is 5.32 Å². The number of nitrogens with one attached hydrogen (secondary N) is 1. The Morgan fingerprint density at radius 2 is 2.04 bits per heavy atom. The van der Waals surface area contributed by atoms with Crippen molar-refractivity contribution in [3.05, 3.63) is 52.2 Å². The van der Waals surface area contributed by atoms with Gasteiger partial charge in [0.25, 0.3) is 0 Å². The van der Waals surface area contributed by atoms with Crippen molar-refractivity contribution in [1.29, 1.82) is 0 Å². The fourth-order valence-electron chi connectivity index (χ4n) is 2.00. The summed E-state index contributed by atoms with van der Waals surface area (Å²) in [5, 5.41) is 8.27. The number of benzene rings is 1. The zero-order chi connectivity index (χ0) is 16.8. The van der Waals surface area contributed by atoms with Crippen molar-refractivity contribution in [3.8, 4) is 10.6 Å². The van der Waals surface area contributed by atoms with E-state index in [0.29, 0.717) is 11.6 Å². The Labute approximate surface area is 158 Å². The molecule has 0 unspecified atom stereocenters. The summed E-state index contributed by atoms with van der Waals surface area (Å²) in [7, 11) is 0. The van der Waals surface area contributed by atoms with Gasteiger partial charge in [-0.3, -0.25) is 4.79 Å². The van der Waals surface area contributed by atoms with Gasteiger partial charge in [0.05, 0.1) is 10.6 Å². The number of halogens is 1. The first kappa shape index (κ1) is 17.5. The van der Waals surface area contributed by atoms with Crippen LogP contribution >= 0.6 is 46.0 Å². The largest absolute Gasteiger partial charge is 0.302 e. The lowest BCUT2D eigenvalue weighted by Gasteiger charge is -2.03. The lowest BCUT2D eigenvalue weighted by atomic mass is 10.3. The first-order valence-electron chi connectivity index (χ1n) is 7.38. The molecule has 2 aromatic heterocycles. The van der Waals surface area contributed by atoms with E-state index in [9.17, 15) is 4.79 Å². The molecule has 0 radical (unpaired) electrons. The van der Waals surface area contributed by atoms with Crippen LogP contribution in [0.15, 0.2) is 52.1 Å². The molecule has 0 fully saturated rings. The molecule has 0 bridgehead atoms. The van der Waals surface area contributed by atoms with Crippen LogP contribution in [0.2, 0.25) is 5.02 Å². The number of thiophene rings is 1. The van der Waals surface area contributed by atoms with Gasteiger partial charge >= 0.3 is 0 Å². The molecule has 1 N–H and O–H groups in total. The predicted molar refractivity (Wildman–Crippen MR) is 105 cm³/mol. The Bertz CT molecular complexity index is 785. The SMILES string of the molecule is O=C(CCCSc1ccc(Cl)cc1)Nc1nc(-c2cccs2)cs1. The predicted octanol–water partition coefficient (Wildman–Crippen LogP) is 6.04. The van der Waals surface area contributed by atoms with Crippen LogP contribution in [0.25, 0.3) is 10.6 Å². The van der Waals surface area contributed by atoms with Gasteiger partial charge in [0.2, 0.25) is 5.91 Å². The van der Waals surface area contributed by atoms with Gasteiger partial charge in [-0.05, 0) is 47.9 Å². The third-order valence-electron chi connectivity index (χ3n) is 3.15. The highest BCUT2D eigenvalue weighted by Gasteiger charge is 2.08. The van der Waals surface area contributed by atoms with Gasteiger partial charge in [-0.2, -0.15) is 0 Å². The minimum absolute atomic E-state index is 0.0128. The van der Waals surface area contributed by atoms with E-state index >= 15 is 0 Å². The maximum absolute atomic E-state index is 12.0. The molecule has 3 aromatic rings. The van der Waals surface area contributed by atoms with Crippen LogP contribution in [-0.2, 0) is 4.79 Å². The third-order valence-corrected chi connectivity index (χ3v) is 6.16. The Morgan fingerprint density at radius 1 is 1.21 bits per heavy atom. The van der Waals surface area contributed by atoms with Crippen LogP contribution in [0.5, 0.6) is 0 Å². The van der Waals surface area contributed by atoms with E-state index in [1.807, 2.05) is 47.2 Å². The molecule has 3 rings (SSSR count). The van der Waals surface area contributed by atoms with Crippen LogP contribution in [0.1, 0.15) is 12.8 Å². The highest BCUT2D eigenvalue weighted by molar-refractivity contribution is 7.99. The highest BCUT2D eigenvalue weighted by Crippen LogP contribution is 2.28. The Morgan fingerprint density at radius 3 is 2.79 bits per heavy atom. The number of thioether (sulfide) groups is 1. The first-order chi connectivity index (χ1) is 11.7. The fraction of sp³-hybridized carbons (Fsp3) is 0.176. The van der Waals surface area contributed by atoms with Gasteiger partial charge in [0.1, 0.15) is 0 Å². The van der Waals surface area contributed by atoms with Gasteiger partial charge in [-0.25, -0.2) is 4.98 Å². The van der Waals surface area contributed by atoms with E-state index in [4.69, 9.17) is 11.6 Å². The molecule has 7 heteroatoms. The molecular weight excluding hydrogens is 380 g/mol. The van der Waals surface area contributed by atoms with Crippen molar-refractivity contribution in [2.75, 3.05) is 11.1 Å². The highest BCUT2D eigenvalue weighted by atomic mass is 35.5. The van der Waals surface area contributed by atoms with E-state index in [1.165, 1.54) is 16.2 Å². The fourth-order valence-corrected chi connectivity index (χ4v) is 4.47. The van der Waals surface area contributed by atoms with Crippen molar-refractivity contribution >= 4 is 57.1 Å². The number of carbonyl (C=O) groups is 1. The number of hydrogen-bond acceptors (Lipinski definition) is 5. The lowest BCUT2D eigenvalue weighted by Crippen LogP contribution is -2.11. The molecule has 1 amide bonds. The molecule has 124 valence electrons. The van der Waals surface area contributed by atoms with E-state index in [-0.39, 0.29) is 5.91 Å². The molecule has 0 aliphatic rings. The molecule has 0 spiro atoms. The molecule has 0 aliphatic carbocycles. The molecule has 0 aliphatic heterocycles. The number of anilines is 1. The minimum Gasteiger partial charge on any atom is -0.302 e. The second-order valence-corrected chi connectivity index (χ2v) is 8.38. The van der Waals surface area contributed by atoms with E-state index in [0.717, 1.165) is 27.8 Å². The van der Waals surface area contributed by atoms with E-state index < -0.39 is 0 Å². The molecule has 0 atom stereocenters. The van der Waals surface area contributed by atoms with Crippen LogP contribution in [-0.4, -0.2) is 16.6 Å². The lowest BCUT2D eigenvalue weighted by molar-refractivity contribution is -0.116. The molecule has 24 heavy (non-hydrogen) atoms. The quantitative estimate of drug-likeness (QED) is 0.392. The standard InChI is InChI=1S/C17H15ClN2OS3/c18-12-5-7-13(8-6-12)22-9-2-4-16(21)20-17-19-14(11-24-17)15-3-1-10-23-15/h1,3,5-8,10-11H,2,4,9H2,(H,19,20,21). The zero-order valence-electron chi connectivity index (χ0n) is 12.7. The summed E-state index contributed by atoms with van der Waals surface area (Å²) in [6.45, 7) is 0. The molecule has 0 saturated heterocycles. The number of amides is 1. The summed E-state index contributed by atoms with van der Waals surface area (Å²) in [6, 6.07) is 11.8. The zero-order valence-corrected chi connectivity index (χ0v) is 15.9. The molecular formula is C17H15ClN2OS3. The van der Waals surface area contributed by atoms with Crippen LogP contribution in [0.3, 0.4) is 0 Å².